The zero-order chi connectivity index (χ0) is 18.4. The number of anilines is 1. The monoisotopic (exact) mass is 367 g/mol. The number of carbonyl (C=O) groups excluding carboxylic acids is 1. The van der Waals surface area contributed by atoms with E-state index in [0.29, 0.717) is 18.0 Å². The Morgan fingerprint density at radius 2 is 1.96 bits per heavy atom. The quantitative estimate of drug-likeness (QED) is 0.646. The van der Waals surface area contributed by atoms with Crippen LogP contribution in [0.2, 0.25) is 5.02 Å². The number of nitrogens with zero attached hydrogens (tertiary/aromatic N) is 3. The second kappa shape index (κ2) is 6.44. The van der Waals surface area contributed by atoms with Crippen molar-refractivity contribution in [1.29, 1.82) is 0 Å². The molecular weight excluding hydrogens is 346 g/mol. The maximum atomic E-state index is 12.7. The number of hydrogen-bond donors (Lipinski definition) is 0. The van der Waals surface area contributed by atoms with Gasteiger partial charge in [0.1, 0.15) is 5.82 Å². The summed E-state index contributed by atoms with van der Waals surface area (Å²) >= 11 is 6.26. The lowest BCUT2D eigenvalue weighted by molar-refractivity contribution is -0.117. The molecule has 4 nitrogen and oxygen atoms in total. The summed E-state index contributed by atoms with van der Waals surface area (Å²) in [6, 6.07) is 14.3. The Bertz CT molecular complexity index is 992. The van der Waals surface area contributed by atoms with Gasteiger partial charge in [0.15, 0.2) is 0 Å². The predicted molar refractivity (Wildman–Crippen MR) is 106 cm³/mol. The van der Waals surface area contributed by atoms with Crippen LogP contribution in [0.25, 0.3) is 11.0 Å². The molecule has 0 unspecified atom stereocenters. The molecule has 1 fully saturated rings. The van der Waals surface area contributed by atoms with Crippen LogP contribution < -0.4 is 4.90 Å². The third-order valence-corrected chi connectivity index (χ3v) is 5.50. The van der Waals surface area contributed by atoms with Gasteiger partial charge in [-0.25, -0.2) is 4.98 Å². The highest BCUT2D eigenvalue weighted by Gasteiger charge is 2.35. The third-order valence-electron chi connectivity index (χ3n) is 5.10. The summed E-state index contributed by atoms with van der Waals surface area (Å²) < 4.78 is 2.26. The zero-order valence-electron chi connectivity index (χ0n) is 15.2. The van der Waals surface area contributed by atoms with E-state index in [1.165, 1.54) is 0 Å². The molecule has 0 radical (unpaired) electrons. The minimum absolute atomic E-state index is 0.0809. The molecule has 4 rings (SSSR count). The lowest BCUT2D eigenvalue weighted by Crippen LogP contribution is -2.24. The Balaban J connectivity index is 1.72. The summed E-state index contributed by atoms with van der Waals surface area (Å²) in [5.41, 5.74) is 3.99. The van der Waals surface area contributed by atoms with Crippen molar-refractivity contribution in [2.75, 3.05) is 11.4 Å². The molecule has 1 atom stereocenters. The molecule has 0 saturated carbocycles. The highest BCUT2D eigenvalue weighted by molar-refractivity contribution is 6.31. The molecule has 1 aromatic heterocycles. The van der Waals surface area contributed by atoms with E-state index in [0.717, 1.165) is 28.1 Å². The van der Waals surface area contributed by atoms with Gasteiger partial charge in [0.25, 0.3) is 0 Å². The van der Waals surface area contributed by atoms with Gasteiger partial charge in [-0.05, 0) is 50.6 Å². The first kappa shape index (κ1) is 17.1. The smallest absolute Gasteiger partial charge is 0.227 e. The van der Waals surface area contributed by atoms with Gasteiger partial charge in [0.05, 0.1) is 11.0 Å². The molecule has 1 amide bonds. The Labute approximate surface area is 158 Å². The van der Waals surface area contributed by atoms with Gasteiger partial charge in [-0.2, -0.15) is 0 Å². The predicted octanol–water partition coefficient (Wildman–Crippen LogP) is 5.10. The Hall–Kier alpha value is -2.33. The fourth-order valence-electron chi connectivity index (χ4n) is 3.77. The first-order valence-corrected chi connectivity index (χ1v) is 9.37. The van der Waals surface area contributed by atoms with E-state index in [1.807, 2.05) is 48.2 Å². The van der Waals surface area contributed by atoms with Gasteiger partial charge in [-0.3, -0.25) is 4.79 Å². The Morgan fingerprint density at radius 3 is 2.69 bits per heavy atom. The molecule has 0 aliphatic carbocycles. The molecule has 26 heavy (non-hydrogen) atoms. The number of halogens is 1. The molecule has 0 N–H and O–H groups in total. The number of aromatic nitrogens is 2. The fraction of sp³-hybridized carbons (Fsp3) is 0.333. The summed E-state index contributed by atoms with van der Waals surface area (Å²) in [7, 11) is 0. The molecule has 3 aromatic rings. The normalized spacial score (nSPS) is 17.7. The van der Waals surface area contributed by atoms with E-state index in [4.69, 9.17) is 16.6 Å². The average molecular weight is 368 g/mol. The van der Waals surface area contributed by atoms with Crippen molar-refractivity contribution in [3.63, 3.8) is 0 Å². The van der Waals surface area contributed by atoms with E-state index >= 15 is 0 Å². The fourth-order valence-corrected chi connectivity index (χ4v) is 3.95. The molecule has 1 aliphatic heterocycles. The van der Waals surface area contributed by atoms with Crippen molar-refractivity contribution in [3.05, 3.63) is 58.9 Å². The van der Waals surface area contributed by atoms with E-state index in [2.05, 4.69) is 24.5 Å². The maximum Gasteiger partial charge on any atom is 0.227 e. The number of rotatable bonds is 3. The number of aryl methyl sites for hydroxylation is 1. The summed E-state index contributed by atoms with van der Waals surface area (Å²) in [6.07, 6.45) is 0.474. The van der Waals surface area contributed by atoms with Crippen LogP contribution in [-0.4, -0.2) is 22.0 Å². The summed E-state index contributed by atoms with van der Waals surface area (Å²) in [4.78, 5) is 19.4. The number of imidazole rings is 1. The van der Waals surface area contributed by atoms with Crippen molar-refractivity contribution in [2.45, 2.75) is 39.2 Å². The largest absolute Gasteiger partial charge is 0.325 e. The maximum absolute atomic E-state index is 12.7. The van der Waals surface area contributed by atoms with Crippen molar-refractivity contribution >= 4 is 34.2 Å². The highest BCUT2D eigenvalue weighted by atomic mass is 35.5. The van der Waals surface area contributed by atoms with Crippen molar-refractivity contribution in [2.24, 2.45) is 0 Å². The highest BCUT2D eigenvalue weighted by Crippen LogP contribution is 2.35. The molecule has 0 spiro atoms. The third kappa shape index (κ3) is 2.78. The number of para-hydroxylation sites is 2. The van der Waals surface area contributed by atoms with Gasteiger partial charge < -0.3 is 9.47 Å². The molecular formula is C21H22ClN3O. The van der Waals surface area contributed by atoms with Crippen LogP contribution in [0.1, 0.15) is 43.6 Å². The zero-order valence-corrected chi connectivity index (χ0v) is 16.0. The van der Waals surface area contributed by atoms with Crippen LogP contribution >= 0.6 is 11.6 Å². The lowest BCUT2D eigenvalue weighted by Gasteiger charge is -2.19. The molecule has 0 bridgehead atoms. The molecule has 1 aliphatic rings. The van der Waals surface area contributed by atoms with E-state index in [9.17, 15) is 4.79 Å². The minimum atomic E-state index is 0.0809. The van der Waals surface area contributed by atoms with Crippen LogP contribution in [0.5, 0.6) is 0 Å². The number of amides is 1. The average Bonchev–Trinajstić information content (AvgIpc) is 3.18. The standard InChI is InChI=1S/C21H22ClN3O/c1-13(2)25-19-7-5-4-6-18(19)23-21(25)15-10-20(26)24(12-15)16-9-8-14(3)17(22)11-16/h4-9,11,13,15H,10,12H2,1-3H3/t15-/m1/s1. The minimum Gasteiger partial charge on any atom is -0.325 e. The van der Waals surface area contributed by atoms with Crippen LogP contribution in [0.4, 0.5) is 5.69 Å². The van der Waals surface area contributed by atoms with E-state index in [1.54, 1.807) is 0 Å². The number of fused-ring (bicyclic) bond motifs is 1. The second-order valence-corrected chi connectivity index (χ2v) is 7.67. The van der Waals surface area contributed by atoms with Crippen LogP contribution in [0, 0.1) is 6.92 Å². The first-order chi connectivity index (χ1) is 12.5. The Kier molecular flexibility index (Phi) is 4.23. The summed E-state index contributed by atoms with van der Waals surface area (Å²) in [6.45, 7) is 6.91. The topological polar surface area (TPSA) is 38.1 Å². The number of hydrogen-bond acceptors (Lipinski definition) is 2. The molecule has 2 aromatic carbocycles. The van der Waals surface area contributed by atoms with E-state index < -0.39 is 0 Å². The lowest BCUT2D eigenvalue weighted by atomic mass is 10.1. The second-order valence-electron chi connectivity index (χ2n) is 7.26. The van der Waals surface area contributed by atoms with Crippen LogP contribution in [0.15, 0.2) is 42.5 Å². The van der Waals surface area contributed by atoms with Crippen molar-refractivity contribution < 1.29 is 4.79 Å². The van der Waals surface area contributed by atoms with Crippen molar-refractivity contribution in [3.8, 4) is 0 Å². The molecule has 2 heterocycles. The number of carbonyl (C=O) groups is 1. The Morgan fingerprint density at radius 1 is 1.19 bits per heavy atom. The van der Waals surface area contributed by atoms with Gasteiger partial charge in [0, 0.05) is 35.6 Å². The molecule has 134 valence electrons. The van der Waals surface area contributed by atoms with Gasteiger partial charge >= 0.3 is 0 Å². The summed E-state index contributed by atoms with van der Waals surface area (Å²) in [5.74, 6) is 1.20. The SMILES string of the molecule is Cc1ccc(N2C[C@H](c3nc4ccccc4n3C(C)C)CC2=O)cc1Cl. The summed E-state index contributed by atoms with van der Waals surface area (Å²) in [5, 5.41) is 0.688. The van der Waals surface area contributed by atoms with Gasteiger partial charge in [-0.1, -0.05) is 29.8 Å². The van der Waals surface area contributed by atoms with Gasteiger partial charge in [-0.15, -0.1) is 0 Å². The van der Waals surface area contributed by atoms with Crippen molar-refractivity contribution in [1.82, 2.24) is 9.55 Å². The van der Waals surface area contributed by atoms with Crippen LogP contribution in [0.3, 0.4) is 0 Å². The van der Waals surface area contributed by atoms with Gasteiger partial charge in [0.2, 0.25) is 5.91 Å². The molecule has 1 saturated heterocycles. The van der Waals surface area contributed by atoms with E-state index in [-0.39, 0.29) is 17.9 Å². The van der Waals surface area contributed by atoms with Crippen LogP contribution in [-0.2, 0) is 4.79 Å². The molecule has 5 heteroatoms. The number of benzene rings is 2. The first-order valence-electron chi connectivity index (χ1n) is 8.99.